The van der Waals surface area contributed by atoms with E-state index in [9.17, 15) is 13.2 Å². The molecular weight excluding hydrogens is 219 g/mol. The van der Waals surface area contributed by atoms with E-state index in [-0.39, 0.29) is 11.3 Å². The summed E-state index contributed by atoms with van der Waals surface area (Å²) in [6.07, 6.45) is -1.09. The molecule has 16 heavy (non-hydrogen) atoms. The van der Waals surface area contributed by atoms with Crippen LogP contribution in [0.4, 0.5) is 13.2 Å². The van der Waals surface area contributed by atoms with E-state index in [0.717, 1.165) is 0 Å². The lowest BCUT2D eigenvalue weighted by atomic mass is 9.69. The Morgan fingerprint density at radius 2 is 1.94 bits per heavy atom. The smallest absolute Gasteiger partial charge is 0.252 e. The van der Waals surface area contributed by atoms with Crippen LogP contribution in [0, 0.1) is 5.82 Å². The molecule has 2 N–H and O–H groups in total. The lowest BCUT2D eigenvalue weighted by Crippen LogP contribution is -2.56. The number of hydrogen-bond acceptors (Lipinski definition) is 2. The van der Waals surface area contributed by atoms with Gasteiger partial charge in [-0.05, 0) is 12.1 Å². The average molecular weight is 231 g/mol. The van der Waals surface area contributed by atoms with Gasteiger partial charge in [-0.1, -0.05) is 6.07 Å². The monoisotopic (exact) mass is 231 g/mol. The van der Waals surface area contributed by atoms with Gasteiger partial charge in [0.05, 0.1) is 18.2 Å². The van der Waals surface area contributed by atoms with E-state index in [1.165, 1.54) is 25.3 Å². The summed E-state index contributed by atoms with van der Waals surface area (Å²) in [7, 11) is 1.36. The third kappa shape index (κ3) is 1.65. The minimum atomic E-state index is -2.80. The molecule has 2 nitrogen and oxygen atoms in total. The number of nitrogens with two attached hydrogens (primary N) is 1. The molecular formula is C11H12F3NO. The molecule has 1 saturated carbocycles. The Bertz CT molecular complexity index is 412. The van der Waals surface area contributed by atoms with Gasteiger partial charge in [-0.3, -0.25) is 0 Å². The number of rotatable bonds is 2. The van der Waals surface area contributed by atoms with Crippen LogP contribution < -0.4 is 10.5 Å². The fraction of sp³-hybridized carbons (Fsp3) is 0.455. The second-order valence-corrected chi connectivity index (χ2v) is 4.18. The van der Waals surface area contributed by atoms with Gasteiger partial charge in [0, 0.05) is 12.8 Å². The van der Waals surface area contributed by atoms with Gasteiger partial charge in [-0.15, -0.1) is 0 Å². The molecule has 1 aliphatic rings. The third-order valence-corrected chi connectivity index (χ3v) is 2.84. The standard InChI is InChI=1S/C11H12F3NO/c1-16-8-4-2-3-7(12)9(8)10(15)5-11(13,14)6-10/h2-4H,5-6,15H2,1H3. The Balaban J connectivity index is 2.41. The van der Waals surface area contributed by atoms with Crippen LogP contribution in [0.15, 0.2) is 18.2 Å². The van der Waals surface area contributed by atoms with Gasteiger partial charge in [0.15, 0.2) is 0 Å². The maximum absolute atomic E-state index is 13.6. The molecule has 0 radical (unpaired) electrons. The molecule has 0 atom stereocenters. The van der Waals surface area contributed by atoms with Crippen LogP contribution in [-0.4, -0.2) is 13.0 Å². The number of ether oxygens (including phenoxy) is 1. The molecule has 0 unspecified atom stereocenters. The minimum Gasteiger partial charge on any atom is -0.496 e. The SMILES string of the molecule is COc1cccc(F)c1C1(N)CC(F)(F)C1. The van der Waals surface area contributed by atoms with Gasteiger partial charge >= 0.3 is 0 Å². The van der Waals surface area contributed by atoms with Crippen molar-refractivity contribution in [3.63, 3.8) is 0 Å². The molecule has 1 aromatic rings. The summed E-state index contributed by atoms with van der Waals surface area (Å²) in [5, 5.41) is 0. The number of alkyl halides is 2. The van der Waals surface area contributed by atoms with Crippen molar-refractivity contribution in [3.8, 4) is 5.75 Å². The highest BCUT2D eigenvalue weighted by Gasteiger charge is 2.57. The maximum atomic E-state index is 13.6. The van der Waals surface area contributed by atoms with Gasteiger partial charge in [0.25, 0.3) is 5.92 Å². The Hall–Kier alpha value is -1.23. The summed E-state index contributed by atoms with van der Waals surface area (Å²) < 4.78 is 44.2. The predicted molar refractivity (Wildman–Crippen MR) is 53.0 cm³/mol. The van der Waals surface area contributed by atoms with Gasteiger partial charge in [-0.25, -0.2) is 13.2 Å². The Kier molecular flexibility index (Phi) is 2.38. The third-order valence-electron chi connectivity index (χ3n) is 2.84. The molecule has 1 aromatic carbocycles. The van der Waals surface area contributed by atoms with Gasteiger partial charge in [0.2, 0.25) is 0 Å². The van der Waals surface area contributed by atoms with Crippen molar-refractivity contribution in [2.45, 2.75) is 24.3 Å². The highest BCUT2D eigenvalue weighted by atomic mass is 19.3. The number of hydrogen-bond donors (Lipinski definition) is 1. The van der Waals surface area contributed by atoms with E-state index in [1.54, 1.807) is 0 Å². The average Bonchev–Trinajstić information content (AvgIpc) is 2.13. The number of benzene rings is 1. The molecule has 0 saturated heterocycles. The molecule has 5 heteroatoms. The van der Waals surface area contributed by atoms with E-state index in [0.29, 0.717) is 0 Å². The zero-order chi connectivity index (χ0) is 12.0. The second-order valence-electron chi connectivity index (χ2n) is 4.18. The quantitative estimate of drug-likeness (QED) is 0.848. The molecule has 0 spiro atoms. The zero-order valence-corrected chi connectivity index (χ0v) is 8.77. The summed E-state index contributed by atoms with van der Waals surface area (Å²) >= 11 is 0. The fourth-order valence-corrected chi connectivity index (χ4v) is 2.21. The molecule has 0 aliphatic heterocycles. The van der Waals surface area contributed by atoms with Crippen molar-refractivity contribution in [1.82, 2.24) is 0 Å². The van der Waals surface area contributed by atoms with Crippen LogP contribution >= 0.6 is 0 Å². The van der Waals surface area contributed by atoms with Gasteiger partial charge in [0.1, 0.15) is 11.6 Å². The normalized spacial score (nSPS) is 21.3. The summed E-state index contributed by atoms with van der Waals surface area (Å²) in [5.74, 6) is -3.18. The molecule has 0 heterocycles. The van der Waals surface area contributed by atoms with Crippen LogP contribution in [0.3, 0.4) is 0 Å². The molecule has 0 bridgehead atoms. The van der Waals surface area contributed by atoms with Crippen molar-refractivity contribution in [2.24, 2.45) is 5.73 Å². The van der Waals surface area contributed by atoms with Crippen LogP contribution in [0.25, 0.3) is 0 Å². The lowest BCUT2D eigenvalue weighted by Gasteiger charge is -2.45. The highest BCUT2D eigenvalue weighted by Crippen LogP contribution is 2.52. The van der Waals surface area contributed by atoms with E-state index < -0.39 is 30.1 Å². The maximum Gasteiger partial charge on any atom is 0.252 e. The van der Waals surface area contributed by atoms with E-state index in [1.807, 2.05) is 0 Å². The Morgan fingerprint density at radius 3 is 2.44 bits per heavy atom. The first-order valence-electron chi connectivity index (χ1n) is 4.88. The van der Waals surface area contributed by atoms with E-state index in [2.05, 4.69) is 0 Å². The van der Waals surface area contributed by atoms with Crippen LogP contribution in [0.2, 0.25) is 0 Å². The first kappa shape index (κ1) is 11.3. The molecule has 1 fully saturated rings. The summed E-state index contributed by atoms with van der Waals surface area (Å²) in [5.41, 5.74) is 4.50. The first-order valence-corrected chi connectivity index (χ1v) is 4.88. The molecule has 0 amide bonds. The second kappa shape index (κ2) is 3.38. The summed E-state index contributed by atoms with van der Waals surface area (Å²) in [4.78, 5) is 0. The van der Waals surface area contributed by atoms with Crippen molar-refractivity contribution >= 4 is 0 Å². The van der Waals surface area contributed by atoms with Crippen LogP contribution in [0.5, 0.6) is 5.75 Å². The lowest BCUT2D eigenvalue weighted by molar-refractivity contribution is -0.126. The van der Waals surface area contributed by atoms with Gasteiger partial charge < -0.3 is 10.5 Å². The molecule has 2 rings (SSSR count). The molecule has 0 aromatic heterocycles. The first-order chi connectivity index (χ1) is 7.38. The Morgan fingerprint density at radius 1 is 1.31 bits per heavy atom. The topological polar surface area (TPSA) is 35.2 Å². The van der Waals surface area contributed by atoms with Crippen LogP contribution in [0.1, 0.15) is 18.4 Å². The zero-order valence-electron chi connectivity index (χ0n) is 8.77. The van der Waals surface area contributed by atoms with E-state index in [4.69, 9.17) is 10.5 Å². The highest BCUT2D eigenvalue weighted by molar-refractivity contribution is 5.42. The van der Waals surface area contributed by atoms with Crippen molar-refractivity contribution in [2.75, 3.05) is 7.11 Å². The van der Waals surface area contributed by atoms with Crippen LogP contribution in [-0.2, 0) is 5.54 Å². The van der Waals surface area contributed by atoms with Crippen molar-refractivity contribution in [1.29, 1.82) is 0 Å². The fourth-order valence-electron chi connectivity index (χ4n) is 2.21. The summed E-state index contributed by atoms with van der Waals surface area (Å²) in [6, 6.07) is 4.17. The van der Waals surface area contributed by atoms with Crippen molar-refractivity contribution in [3.05, 3.63) is 29.6 Å². The number of methoxy groups -OCH3 is 1. The summed E-state index contributed by atoms with van der Waals surface area (Å²) in [6.45, 7) is 0. The Labute approximate surface area is 91.2 Å². The minimum absolute atomic E-state index is 0.0448. The molecule has 88 valence electrons. The largest absolute Gasteiger partial charge is 0.496 e. The predicted octanol–water partition coefficient (Wildman–Crippen LogP) is 2.42. The molecule has 1 aliphatic carbocycles. The van der Waals surface area contributed by atoms with E-state index >= 15 is 0 Å². The van der Waals surface area contributed by atoms with Gasteiger partial charge in [-0.2, -0.15) is 0 Å². The van der Waals surface area contributed by atoms with Crippen molar-refractivity contribution < 1.29 is 17.9 Å². The number of halogens is 3.